The highest BCUT2D eigenvalue weighted by Crippen LogP contribution is 2.21. The number of carbonyl (C=O) groups is 1. The fourth-order valence-electron chi connectivity index (χ4n) is 1.42. The molecule has 0 saturated carbocycles. The Morgan fingerprint density at radius 2 is 2.17 bits per heavy atom. The van der Waals surface area contributed by atoms with Gasteiger partial charge >= 0.3 is 0 Å². The van der Waals surface area contributed by atoms with E-state index in [9.17, 15) is 4.79 Å². The minimum Gasteiger partial charge on any atom is -0.311 e. The third kappa shape index (κ3) is 0.848. The van der Waals surface area contributed by atoms with Gasteiger partial charge in [0.25, 0.3) is 5.91 Å². The molecule has 0 aliphatic carbocycles. The predicted molar refractivity (Wildman–Crippen MR) is 46.5 cm³/mol. The second-order valence-electron chi connectivity index (χ2n) is 2.77. The van der Waals surface area contributed by atoms with Crippen LogP contribution in [0, 0.1) is 0 Å². The summed E-state index contributed by atoms with van der Waals surface area (Å²) in [5, 5.41) is 0. The van der Waals surface area contributed by atoms with Crippen LogP contribution in [0.4, 0.5) is 0 Å². The number of rotatable bonds is 1. The van der Waals surface area contributed by atoms with E-state index >= 15 is 0 Å². The maximum atomic E-state index is 11.5. The number of fused-ring (bicyclic) bond motifs is 1. The Labute approximate surface area is 71.1 Å². The van der Waals surface area contributed by atoms with Gasteiger partial charge in [0.05, 0.1) is 6.54 Å². The van der Waals surface area contributed by atoms with E-state index < -0.39 is 0 Å². The third-order valence-corrected chi connectivity index (χ3v) is 2.07. The van der Waals surface area contributed by atoms with E-state index in [-0.39, 0.29) is 5.91 Å². The molecule has 2 rings (SSSR count). The average Bonchev–Trinajstić information content (AvgIpc) is 2.44. The van der Waals surface area contributed by atoms with Crippen molar-refractivity contribution < 1.29 is 4.79 Å². The molecule has 0 radical (unpaired) electrons. The quantitative estimate of drug-likeness (QED) is 0.611. The number of hydrogen-bond donors (Lipinski definition) is 0. The number of benzene rings is 1. The van der Waals surface area contributed by atoms with Crippen LogP contribution < -0.4 is 0 Å². The predicted octanol–water partition coefficient (Wildman–Crippen LogP) is 1.79. The summed E-state index contributed by atoms with van der Waals surface area (Å²) in [6, 6.07) is 7.64. The summed E-state index contributed by atoms with van der Waals surface area (Å²) in [4.78, 5) is 13.1. The lowest BCUT2D eigenvalue weighted by Crippen LogP contribution is -2.15. The van der Waals surface area contributed by atoms with E-state index in [2.05, 4.69) is 6.58 Å². The molecule has 1 aliphatic rings. The van der Waals surface area contributed by atoms with Gasteiger partial charge in [-0.25, -0.2) is 0 Å². The molecule has 0 bridgehead atoms. The van der Waals surface area contributed by atoms with Gasteiger partial charge < -0.3 is 4.90 Å². The van der Waals surface area contributed by atoms with Gasteiger partial charge in [0.15, 0.2) is 0 Å². The highest BCUT2D eigenvalue weighted by atomic mass is 16.2. The first kappa shape index (κ1) is 7.10. The van der Waals surface area contributed by atoms with Crippen LogP contribution in [0.5, 0.6) is 0 Å². The molecule has 1 aromatic carbocycles. The first-order valence-electron chi connectivity index (χ1n) is 3.84. The van der Waals surface area contributed by atoms with E-state index in [1.807, 2.05) is 24.3 Å². The second-order valence-corrected chi connectivity index (χ2v) is 2.77. The van der Waals surface area contributed by atoms with Gasteiger partial charge in [-0.2, -0.15) is 0 Å². The van der Waals surface area contributed by atoms with Gasteiger partial charge in [-0.15, -0.1) is 0 Å². The molecule has 1 aliphatic heterocycles. The summed E-state index contributed by atoms with van der Waals surface area (Å²) in [7, 11) is 0. The van der Waals surface area contributed by atoms with Crippen molar-refractivity contribution in [1.29, 1.82) is 0 Å². The number of carbonyl (C=O) groups excluding carboxylic acids is 1. The molecule has 0 unspecified atom stereocenters. The Morgan fingerprint density at radius 1 is 1.42 bits per heavy atom. The molecule has 0 N–H and O–H groups in total. The molecule has 0 fully saturated rings. The lowest BCUT2D eigenvalue weighted by molar-refractivity contribution is 0.0842. The van der Waals surface area contributed by atoms with Gasteiger partial charge in [-0.1, -0.05) is 24.8 Å². The number of hydrogen-bond acceptors (Lipinski definition) is 1. The fraction of sp³-hybridized carbons (Fsp3) is 0.100. The number of nitrogens with zero attached hydrogens (tertiary/aromatic N) is 1. The molecular formula is C10H9NO. The zero-order valence-electron chi connectivity index (χ0n) is 6.66. The second kappa shape index (κ2) is 2.48. The van der Waals surface area contributed by atoms with E-state index in [1.54, 1.807) is 11.1 Å². The van der Waals surface area contributed by atoms with Crippen LogP contribution in [0.3, 0.4) is 0 Å². The topological polar surface area (TPSA) is 20.3 Å². The smallest absolute Gasteiger partial charge is 0.258 e. The van der Waals surface area contributed by atoms with Crippen molar-refractivity contribution in [3.8, 4) is 0 Å². The van der Waals surface area contributed by atoms with Crippen LogP contribution in [0.1, 0.15) is 15.9 Å². The van der Waals surface area contributed by atoms with Crippen molar-refractivity contribution in [3.05, 3.63) is 48.2 Å². The molecule has 0 atom stereocenters. The van der Waals surface area contributed by atoms with Crippen LogP contribution in [0.15, 0.2) is 37.0 Å². The average molecular weight is 159 g/mol. The zero-order chi connectivity index (χ0) is 8.55. The van der Waals surface area contributed by atoms with Crippen LogP contribution in [0.2, 0.25) is 0 Å². The van der Waals surface area contributed by atoms with Crippen molar-refractivity contribution in [2.75, 3.05) is 0 Å². The van der Waals surface area contributed by atoms with E-state index in [0.717, 1.165) is 11.1 Å². The lowest BCUT2D eigenvalue weighted by Gasteiger charge is -2.06. The number of amides is 1. The van der Waals surface area contributed by atoms with Gasteiger partial charge in [0.2, 0.25) is 0 Å². The molecule has 2 heteroatoms. The van der Waals surface area contributed by atoms with Crippen LogP contribution in [-0.2, 0) is 6.54 Å². The Kier molecular flexibility index (Phi) is 1.47. The van der Waals surface area contributed by atoms with E-state index in [1.165, 1.54) is 0 Å². The van der Waals surface area contributed by atoms with Gasteiger partial charge in [0.1, 0.15) is 0 Å². The van der Waals surface area contributed by atoms with Crippen molar-refractivity contribution in [3.63, 3.8) is 0 Å². The molecule has 1 amide bonds. The summed E-state index contributed by atoms with van der Waals surface area (Å²) in [6.45, 7) is 4.25. The molecule has 12 heavy (non-hydrogen) atoms. The Balaban J connectivity index is 2.49. The largest absolute Gasteiger partial charge is 0.311 e. The fourth-order valence-corrected chi connectivity index (χ4v) is 1.42. The van der Waals surface area contributed by atoms with Crippen molar-refractivity contribution >= 4 is 5.91 Å². The Morgan fingerprint density at radius 3 is 2.83 bits per heavy atom. The van der Waals surface area contributed by atoms with Crippen LogP contribution in [0.25, 0.3) is 0 Å². The molecule has 0 saturated heterocycles. The van der Waals surface area contributed by atoms with Crippen molar-refractivity contribution in [2.45, 2.75) is 6.54 Å². The molecule has 1 heterocycles. The molecule has 2 nitrogen and oxygen atoms in total. The summed E-state index contributed by atoms with van der Waals surface area (Å²) in [5.41, 5.74) is 1.89. The third-order valence-electron chi connectivity index (χ3n) is 2.07. The van der Waals surface area contributed by atoms with Gasteiger partial charge in [-0.05, 0) is 11.6 Å². The van der Waals surface area contributed by atoms with Crippen molar-refractivity contribution in [2.24, 2.45) is 0 Å². The lowest BCUT2D eigenvalue weighted by atomic mass is 10.1. The summed E-state index contributed by atoms with van der Waals surface area (Å²) in [6.07, 6.45) is 1.57. The Bertz CT molecular complexity index is 343. The normalized spacial score (nSPS) is 14.7. The standard InChI is InChI=1S/C10H9NO/c1-2-11-7-8-5-3-4-6-9(8)10(11)12/h2-6H,1,7H2. The molecule has 60 valence electrons. The van der Waals surface area contributed by atoms with Gasteiger partial charge in [0, 0.05) is 11.8 Å². The molecular weight excluding hydrogens is 150 g/mol. The maximum absolute atomic E-state index is 11.5. The first-order valence-corrected chi connectivity index (χ1v) is 3.84. The molecule has 0 spiro atoms. The summed E-state index contributed by atoms with van der Waals surface area (Å²) < 4.78 is 0. The summed E-state index contributed by atoms with van der Waals surface area (Å²) in [5.74, 6) is 0.0561. The first-order chi connectivity index (χ1) is 5.83. The maximum Gasteiger partial charge on any atom is 0.258 e. The monoisotopic (exact) mass is 159 g/mol. The highest BCUT2D eigenvalue weighted by Gasteiger charge is 2.24. The minimum atomic E-state index is 0.0561. The molecule has 1 aromatic rings. The molecule has 0 aromatic heterocycles. The minimum absolute atomic E-state index is 0.0561. The Hall–Kier alpha value is -1.57. The van der Waals surface area contributed by atoms with E-state index in [4.69, 9.17) is 0 Å². The van der Waals surface area contributed by atoms with Crippen LogP contribution >= 0.6 is 0 Å². The van der Waals surface area contributed by atoms with Crippen molar-refractivity contribution in [1.82, 2.24) is 4.90 Å². The van der Waals surface area contributed by atoms with Gasteiger partial charge in [-0.3, -0.25) is 4.79 Å². The van der Waals surface area contributed by atoms with Crippen LogP contribution in [-0.4, -0.2) is 10.8 Å². The highest BCUT2D eigenvalue weighted by molar-refractivity contribution is 5.98. The summed E-state index contributed by atoms with van der Waals surface area (Å²) >= 11 is 0. The SMILES string of the molecule is C=CN1Cc2ccccc2C1=O. The zero-order valence-corrected chi connectivity index (χ0v) is 6.66. The van der Waals surface area contributed by atoms with E-state index in [0.29, 0.717) is 6.54 Å².